The Hall–Kier alpha value is -0.920. The Morgan fingerprint density at radius 2 is 2.56 bits per heavy atom. The van der Waals surface area contributed by atoms with Crippen molar-refractivity contribution in [1.29, 1.82) is 0 Å². The van der Waals surface area contributed by atoms with Gasteiger partial charge in [-0.1, -0.05) is 6.08 Å². The van der Waals surface area contributed by atoms with Gasteiger partial charge in [0, 0.05) is 31.6 Å². The lowest BCUT2D eigenvalue weighted by Gasteiger charge is -2.09. The first kappa shape index (κ1) is 4.91. The van der Waals surface area contributed by atoms with E-state index < -0.39 is 0 Å². The fourth-order valence-electron chi connectivity index (χ4n) is 1.11. The van der Waals surface area contributed by atoms with Gasteiger partial charge < -0.3 is 9.80 Å². The summed E-state index contributed by atoms with van der Waals surface area (Å²) in [4.78, 5) is 3.96. The molecule has 0 bridgehead atoms. The van der Waals surface area contributed by atoms with E-state index in [1.807, 2.05) is 23.0 Å². The van der Waals surface area contributed by atoms with Crippen molar-refractivity contribution in [3.05, 3.63) is 30.8 Å². The van der Waals surface area contributed by atoms with Crippen LogP contribution in [0.25, 0.3) is 0 Å². The van der Waals surface area contributed by atoms with Gasteiger partial charge in [0.05, 0.1) is 0 Å². The number of rotatable bonds is 0. The Morgan fingerprint density at radius 1 is 1.67 bits per heavy atom. The second-order valence-electron chi connectivity index (χ2n) is 2.29. The molecule has 0 saturated carbocycles. The molecule has 0 amide bonds. The third-order valence-corrected chi connectivity index (χ3v) is 1.50. The lowest BCUT2D eigenvalue weighted by atomic mass is 10.4. The van der Waals surface area contributed by atoms with Crippen molar-refractivity contribution in [1.82, 2.24) is 9.80 Å². The van der Waals surface area contributed by atoms with Gasteiger partial charge in [-0.2, -0.15) is 0 Å². The lowest BCUT2D eigenvalue weighted by Crippen LogP contribution is -2.10. The average Bonchev–Trinajstić information content (AvgIpc) is 2.22. The number of hydrogen-bond acceptors (Lipinski definition) is 2. The van der Waals surface area contributed by atoms with Crippen LogP contribution in [0.5, 0.6) is 0 Å². The molecule has 0 aliphatic carbocycles. The summed E-state index contributed by atoms with van der Waals surface area (Å²) in [6.07, 6.45) is 7.30. The summed E-state index contributed by atoms with van der Waals surface area (Å²) in [6.45, 7) is 3.10. The van der Waals surface area contributed by atoms with Crippen molar-refractivity contribution < 1.29 is 0 Å². The van der Waals surface area contributed by atoms with E-state index in [-0.39, 0.29) is 0 Å². The maximum atomic E-state index is 3.10. The molecule has 46 valence electrons. The summed E-state index contributed by atoms with van der Waals surface area (Å²) >= 11 is 0. The van der Waals surface area contributed by atoms with E-state index in [0.717, 1.165) is 6.42 Å². The van der Waals surface area contributed by atoms with Crippen LogP contribution in [0.3, 0.4) is 0 Å². The van der Waals surface area contributed by atoms with Gasteiger partial charge >= 0.3 is 0 Å². The number of hydrogen-bond donors (Lipinski definition) is 0. The Labute approximate surface area is 55.1 Å². The minimum Gasteiger partial charge on any atom is -0.349 e. The summed E-state index contributed by atoms with van der Waals surface area (Å²) in [5.41, 5.74) is 1.32. The predicted octanol–water partition coefficient (Wildman–Crippen LogP) is 0.989. The summed E-state index contributed by atoms with van der Waals surface area (Å²) in [5, 5.41) is 0. The van der Waals surface area contributed by atoms with E-state index >= 15 is 0 Å². The maximum Gasteiger partial charge on any atom is 0.212 e. The van der Waals surface area contributed by atoms with E-state index in [2.05, 4.69) is 18.9 Å². The molecule has 2 aliphatic heterocycles. The third kappa shape index (κ3) is 0.626. The summed E-state index contributed by atoms with van der Waals surface area (Å²) < 4.78 is 0. The highest BCUT2D eigenvalue weighted by Crippen LogP contribution is 2.25. The molecule has 0 fully saturated rings. The predicted molar refractivity (Wildman–Crippen MR) is 34.7 cm³/mol. The molecule has 2 nitrogen and oxygen atoms in total. The lowest BCUT2D eigenvalue weighted by molar-refractivity contribution is 0.454. The highest BCUT2D eigenvalue weighted by Gasteiger charge is 2.20. The van der Waals surface area contributed by atoms with Gasteiger partial charge in [-0.15, -0.1) is 0 Å². The molecule has 2 aliphatic rings. The molecule has 0 aromatic carbocycles. The SMILES string of the molecule is CN1[C]N2C=CCC2=C1. The van der Waals surface area contributed by atoms with E-state index in [4.69, 9.17) is 0 Å². The summed E-state index contributed by atoms with van der Waals surface area (Å²) in [6, 6.07) is 0. The van der Waals surface area contributed by atoms with Crippen LogP contribution in [0.1, 0.15) is 6.42 Å². The van der Waals surface area contributed by atoms with E-state index in [0.29, 0.717) is 0 Å². The summed E-state index contributed by atoms with van der Waals surface area (Å²) in [7, 11) is 1.99. The van der Waals surface area contributed by atoms with Crippen LogP contribution in [-0.2, 0) is 0 Å². The number of allylic oxidation sites excluding steroid dienone is 1. The Kier molecular flexibility index (Phi) is 0.835. The quantitative estimate of drug-likeness (QED) is 0.470. The van der Waals surface area contributed by atoms with Crippen molar-refractivity contribution >= 4 is 0 Å². The first-order chi connectivity index (χ1) is 4.36. The van der Waals surface area contributed by atoms with Gasteiger partial charge in [-0.05, 0) is 0 Å². The van der Waals surface area contributed by atoms with Crippen molar-refractivity contribution in [3.63, 3.8) is 0 Å². The molecule has 0 aromatic rings. The molecule has 0 unspecified atom stereocenters. The molecule has 0 aromatic heterocycles. The monoisotopic (exact) mass is 120 g/mol. The smallest absolute Gasteiger partial charge is 0.212 e. The van der Waals surface area contributed by atoms with Crippen molar-refractivity contribution in [2.24, 2.45) is 0 Å². The Morgan fingerprint density at radius 3 is 3.33 bits per heavy atom. The first-order valence-corrected chi connectivity index (χ1v) is 3.02. The zero-order chi connectivity index (χ0) is 6.27. The first-order valence-electron chi connectivity index (χ1n) is 3.02. The van der Waals surface area contributed by atoms with Crippen LogP contribution >= 0.6 is 0 Å². The van der Waals surface area contributed by atoms with Crippen LogP contribution in [0, 0.1) is 6.67 Å². The van der Waals surface area contributed by atoms with Gasteiger partial charge in [0.1, 0.15) is 0 Å². The second-order valence-corrected chi connectivity index (χ2v) is 2.29. The van der Waals surface area contributed by atoms with Crippen LogP contribution in [0.4, 0.5) is 0 Å². The topological polar surface area (TPSA) is 6.48 Å². The standard InChI is InChI=1S/C7H8N2/c1-8-5-7-3-2-4-9(7)6-8/h2,4-5H,3H2,1H3. The number of nitrogens with zero attached hydrogens (tertiary/aromatic N) is 2. The van der Waals surface area contributed by atoms with Crippen LogP contribution < -0.4 is 0 Å². The molecular weight excluding hydrogens is 112 g/mol. The van der Waals surface area contributed by atoms with Gasteiger partial charge in [0.15, 0.2) is 0 Å². The van der Waals surface area contributed by atoms with Crippen LogP contribution in [0.15, 0.2) is 24.2 Å². The maximum absolute atomic E-state index is 3.10. The van der Waals surface area contributed by atoms with Crippen molar-refractivity contribution in [2.75, 3.05) is 7.05 Å². The zero-order valence-corrected chi connectivity index (χ0v) is 5.33. The highest BCUT2D eigenvalue weighted by molar-refractivity contribution is 5.22. The van der Waals surface area contributed by atoms with Crippen LogP contribution in [0.2, 0.25) is 0 Å². The van der Waals surface area contributed by atoms with Crippen molar-refractivity contribution in [2.45, 2.75) is 6.42 Å². The molecule has 0 N–H and O–H groups in total. The fourth-order valence-corrected chi connectivity index (χ4v) is 1.11. The minimum atomic E-state index is 1.05. The molecule has 2 heterocycles. The highest BCUT2D eigenvalue weighted by atomic mass is 15.3. The zero-order valence-electron chi connectivity index (χ0n) is 5.33. The average molecular weight is 120 g/mol. The fraction of sp³-hybridized carbons (Fsp3) is 0.286. The largest absolute Gasteiger partial charge is 0.349 e. The Bertz CT molecular complexity index is 181. The van der Waals surface area contributed by atoms with E-state index in [9.17, 15) is 0 Å². The minimum absolute atomic E-state index is 1.05. The molecule has 9 heavy (non-hydrogen) atoms. The number of fused-ring (bicyclic) bond motifs is 1. The van der Waals surface area contributed by atoms with E-state index in [1.54, 1.807) is 0 Å². The summed E-state index contributed by atoms with van der Waals surface area (Å²) in [5.74, 6) is 0. The molecule has 2 heteroatoms. The van der Waals surface area contributed by atoms with Gasteiger partial charge in [-0.3, -0.25) is 0 Å². The normalized spacial score (nSPS) is 23.0. The molecule has 0 saturated heterocycles. The molecule has 2 radical (unpaired) electrons. The van der Waals surface area contributed by atoms with E-state index in [1.165, 1.54) is 5.70 Å². The third-order valence-electron chi connectivity index (χ3n) is 1.50. The van der Waals surface area contributed by atoms with Gasteiger partial charge in [0.25, 0.3) is 0 Å². The van der Waals surface area contributed by atoms with Crippen LogP contribution in [-0.4, -0.2) is 16.8 Å². The molecule has 2 rings (SSSR count). The molecule has 0 spiro atoms. The molecular formula is C7H8N2. The van der Waals surface area contributed by atoms with Gasteiger partial charge in [0.2, 0.25) is 6.67 Å². The Balaban J connectivity index is 2.23. The second kappa shape index (κ2) is 1.53. The van der Waals surface area contributed by atoms with Crippen molar-refractivity contribution in [3.8, 4) is 0 Å². The van der Waals surface area contributed by atoms with Gasteiger partial charge in [-0.25, -0.2) is 0 Å². The molecule has 0 atom stereocenters.